The molecule has 0 bridgehead atoms. The monoisotopic (exact) mass is 932 g/mol. The molecule has 3 atom stereocenters. The van der Waals surface area contributed by atoms with Gasteiger partial charge in [-0.1, -0.05) is 120 Å². The molecule has 5 heterocycles. The summed E-state index contributed by atoms with van der Waals surface area (Å²) in [7, 11) is 4.86. The number of benzene rings is 4. The molecule has 4 aromatic carbocycles. The van der Waals surface area contributed by atoms with Crippen LogP contribution in [0, 0.1) is 0 Å². The summed E-state index contributed by atoms with van der Waals surface area (Å²) in [5.41, 5.74) is 5.37. The number of nitrogens with zero attached hydrogens (tertiary/aromatic N) is 5. The van der Waals surface area contributed by atoms with Crippen molar-refractivity contribution < 1.29 is 38.1 Å². The van der Waals surface area contributed by atoms with Crippen LogP contribution in [0.15, 0.2) is 179 Å². The van der Waals surface area contributed by atoms with E-state index in [1.165, 1.54) is 35.1 Å². The van der Waals surface area contributed by atoms with Crippen LogP contribution in [0.25, 0.3) is 0 Å². The van der Waals surface area contributed by atoms with Gasteiger partial charge in [0.25, 0.3) is 11.8 Å². The average Bonchev–Trinajstić information content (AvgIpc) is 4.06. The Morgan fingerprint density at radius 2 is 1.55 bits per heavy atom. The first kappa shape index (κ1) is 44.6. The number of thiazole rings is 1. The van der Waals surface area contributed by atoms with Crippen molar-refractivity contribution in [2.75, 3.05) is 25.3 Å². The maximum Gasteiger partial charge on any atom is 0.355 e. The first-order valence-electron chi connectivity index (χ1n) is 21.4. The lowest BCUT2D eigenvalue weighted by Gasteiger charge is -2.49. The molecule has 0 radical (unpaired) electrons. The molecular weight excluding hydrogens is 887 g/mol. The Labute approximate surface area is 395 Å². The number of carbonyl (C=O) groups is 3. The number of hydrogen-bond acceptors (Lipinski definition) is 13. The van der Waals surface area contributed by atoms with E-state index in [1.54, 1.807) is 42.8 Å². The van der Waals surface area contributed by atoms with Gasteiger partial charge in [-0.3, -0.25) is 14.5 Å². The zero-order valence-corrected chi connectivity index (χ0v) is 38.4. The largest absolute Gasteiger partial charge is 0.497 e. The van der Waals surface area contributed by atoms with E-state index in [0.717, 1.165) is 33.5 Å². The maximum atomic E-state index is 14.2. The molecule has 1 fully saturated rings. The number of anilines is 1. The van der Waals surface area contributed by atoms with E-state index in [-0.39, 0.29) is 29.8 Å². The summed E-state index contributed by atoms with van der Waals surface area (Å²) in [6.07, 6.45) is 7.65. The van der Waals surface area contributed by atoms with E-state index < -0.39 is 34.7 Å². The number of methoxy groups -OCH3 is 1. The lowest BCUT2D eigenvalue weighted by molar-refractivity contribution is -0.671. The molecule has 67 heavy (non-hydrogen) atoms. The van der Waals surface area contributed by atoms with Gasteiger partial charge in [-0.25, -0.2) is 14.3 Å². The Morgan fingerprint density at radius 3 is 2.16 bits per heavy atom. The normalized spacial score (nSPS) is 18.1. The number of carbonyl (C=O) groups excluding carboxylic acids is 3. The Hall–Kier alpha value is -7.56. The van der Waals surface area contributed by atoms with E-state index in [4.69, 9.17) is 24.1 Å². The molecule has 2 aromatic heterocycles. The van der Waals surface area contributed by atoms with Gasteiger partial charge < -0.3 is 29.8 Å². The van der Waals surface area contributed by atoms with Crippen LogP contribution in [0.2, 0.25) is 0 Å². The fraction of sp³-hybridized carbons (Fsp3) is 0.196. The molecule has 9 rings (SSSR count). The number of fused-ring (bicyclic) bond motifs is 1. The fourth-order valence-electron chi connectivity index (χ4n) is 8.17. The van der Waals surface area contributed by atoms with E-state index in [9.17, 15) is 14.4 Å². The molecular formula is C51H46N7O7S2+. The molecule has 338 valence electrons. The van der Waals surface area contributed by atoms with Gasteiger partial charge in [0.05, 0.1) is 12.8 Å². The Balaban J connectivity index is 0.947. The number of β-lactam (4-membered cyclic amide) rings is 1. The molecule has 3 aliphatic rings. The molecule has 16 heteroatoms. The number of esters is 1. The third-order valence-electron chi connectivity index (χ3n) is 11.6. The summed E-state index contributed by atoms with van der Waals surface area (Å²) >= 11 is 2.72. The third-order valence-corrected chi connectivity index (χ3v) is 13.6. The zero-order valence-electron chi connectivity index (χ0n) is 36.8. The fourth-order valence-corrected chi connectivity index (χ4v) is 10.2. The van der Waals surface area contributed by atoms with Gasteiger partial charge in [0, 0.05) is 35.2 Å². The summed E-state index contributed by atoms with van der Waals surface area (Å²) < 4.78 is 13.0. The second-order valence-electron chi connectivity index (χ2n) is 15.8. The second kappa shape index (κ2) is 19.9. The number of aryl methyl sites for hydroxylation is 1. The number of nitrogens with one attached hydrogen (secondary N) is 2. The lowest BCUT2D eigenvalue weighted by Crippen LogP contribution is -2.71. The number of thioether (sulfide) groups is 1. The van der Waals surface area contributed by atoms with E-state index in [2.05, 4.69) is 57.3 Å². The standard InChI is InChI=1S/C51H45N7O7S2/c1-57-27-25-34(26-28-57)41-29-40(65-55-41)24-21-35-31-66-48-44(47(60)58(48)45(35)49(61)64-30-33-19-22-39(62-2)23-20-33)53-46(59)43(56-63-3)42-32-67-50(52-42)54-51(36-13-7-4-8-14-36,37-15-9-5-10-16-37)38-17-11-6-12-18-38/h4-28,32,40,44,48H,29-31H2,1-3H3,(H-,52,53,54,59)/p+1/b24-21+,56-43-/t40?,44-,48-/m1/s1. The number of ether oxygens (including phenoxy) is 2. The van der Waals surface area contributed by atoms with Gasteiger partial charge in [0.1, 0.15) is 54.9 Å². The van der Waals surface area contributed by atoms with Crippen molar-refractivity contribution in [2.24, 2.45) is 17.4 Å². The Bertz CT molecular complexity index is 2780. The van der Waals surface area contributed by atoms with Crippen LogP contribution in [0.4, 0.5) is 5.13 Å². The summed E-state index contributed by atoms with van der Waals surface area (Å²) in [5, 5.41) is 16.6. The minimum Gasteiger partial charge on any atom is -0.497 e. The van der Waals surface area contributed by atoms with Gasteiger partial charge in [0.15, 0.2) is 29.3 Å². The summed E-state index contributed by atoms with van der Waals surface area (Å²) in [6.45, 7) is -0.0361. The van der Waals surface area contributed by atoms with Gasteiger partial charge in [-0.05, 0) is 46.0 Å². The van der Waals surface area contributed by atoms with Crippen molar-refractivity contribution in [3.05, 3.63) is 202 Å². The highest BCUT2D eigenvalue weighted by Gasteiger charge is 2.54. The number of hydrogen-bond donors (Lipinski definition) is 2. The van der Waals surface area contributed by atoms with Crippen molar-refractivity contribution >= 4 is 57.4 Å². The van der Waals surface area contributed by atoms with Gasteiger partial charge in [-0.15, -0.1) is 23.1 Å². The Morgan fingerprint density at radius 1 is 0.910 bits per heavy atom. The Kier molecular flexibility index (Phi) is 13.3. The van der Waals surface area contributed by atoms with Gasteiger partial charge in [0.2, 0.25) is 0 Å². The van der Waals surface area contributed by atoms with Crippen molar-refractivity contribution in [3.8, 4) is 5.75 Å². The third kappa shape index (κ3) is 9.31. The number of aromatic nitrogens is 2. The van der Waals surface area contributed by atoms with Crippen LogP contribution < -0.4 is 19.9 Å². The highest BCUT2D eigenvalue weighted by Crippen LogP contribution is 2.43. The molecule has 6 aromatic rings. The molecule has 1 saturated heterocycles. The summed E-state index contributed by atoms with van der Waals surface area (Å²) in [6, 6.07) is 40.4. The topological polar surface area (TPSA) is 157 Å². The van der Waals surface area contributed by atoms with Gasteiger partial charge >= 0.3 is 5.97 Å². The van der Waals surface area contributed by atoms with Crippen LogP contribution in [-0.4, -0.2) is 76.6 Å². The minimum atomic E-state index is -0.991. The average molecular weight is 933 g/mol. The number of oxime groups is 2. The summed E-state index contributed by atoms with van der Waals surface area (Å²) in [5.74, 6) is -0.824. The molecule has 3 aliphatic heterocycles. The van der Waals surface area contributed by atoms with Crippen LogP contribution >= 0.6 is 23.1 Å². The number of pyridine rings is 1. The highest BCUT2D eigenvalue weighted by molar-refractivity contribution is 8.00. The highest BCUT2D eigenvalue weighted by atomic mass is 32.2. The van der Waals surface area contributed by atoms with Crippen LogP contribution in [0.5, 0.6) is 5.75 Å². The molecule has 2 N–H and O–H groups in total. The summed E-state index contributed by atoms with van der Waals surface area (Å²) in [4.78, 5) is 59.6. The number of amides is 2. The minimum absolute atomic E-state index is 0.0361. The van der Waals surface area contributed by atoms with E-state index >= 15 is 0 Å². The van der Waals surface area contributed by atoms with Gasteiger partial charge in [-0.2, -0.15) is 0 Å². The van der Waals surface area contributed by atoms with Crippen LogP contribution in [-0.2, 0) is 48.0 Å². The lowest BCUT2D eigenvalue weighted by atomic mass is 9.77. The van der Waals surface area contributed by atoms with Crippen molar-refractivity contribution in [1.82, 2.24) is 15.2 Å². The second-order valence-corrected chi connectivity index (χ2v) is 17.8. The predicted molar refractivity (Wildman–Crippen MR) is 256 cm³/mol. The van der Waals surface area contributed by atoms with Crippen molar-refractivity contribution in [1.29, 1.82) is 0 Å². The van der Waals surface area contributed by atoms with Crippen molar-refractivity contribution in [2.45, 2.75) is 36.1 Å². The predicted octanol–water partition coefficient (Wildman–Crippen LogP) is 6.88. The van der Waals surface area contributed by atoms with Crippen LogP contribution in [0.3, 0.4) is 0 Å². The van der Waals surface area contributed by atoms with Crippen molar-refractivity contribution in [3.63, 3.8) is 0 Å². The number of allylic oxidation sites excluding steroid dienone is 1. The molecule has 14 nitrogen and oxygen atoms in total. The molecule has 2 amide bonds. The smallest absolute Gasteiger partial charge is 0.355 e. The first-order valence-corrected chi connectivity index (χ1v) is 23.4. The molecule has 0 spiro atoms. The molecule has 0 saturated carbocycles. The molecule has 1 unspecified atom stereocenters. The first-order chi connectivity index (χ1) is 32.7. The maximum absolute atomic E-state index is 14.2. The van der Waals surface area contributed by atoms with E-state index in [0.29, 0.717) is 28.6 Å². The van der Waals surface area contributed by atoms with E-state index in [1.807, 2.05) is 96.8 Å². The SMILES string of the molecule is CO/N=C(\C(=O)N[C@@H]1C(=O)N2C(C(=O)OCc3ccc(OC)cc3)=C(/C=C/C3CC(c4cc[n+](C)cc4)=NO3)CS[C@H]12)c1csc(NC(c2ccccc2)(c2ccccc2)c2ccccc2)n1. The van der Waals surface area contributed by atoms with Crippen LogP contribution in [0.1, 0.15) is 39.9 Å². The zero-order chi connectivity index (χ0) is 46.3. The quantitative estimate of drug-likeness (QED) is 0.0262. The molecule has 0 aliphatic carbocycles. The number of rotatable bonds is 16.